The second-order valence-electron chi connectivity index (χ2n) is 4.47. The van der Waals surface area contributed by atoms with Gasteiger partial charge in [0.15, 0.2) is 17.4 Å². The Kier molecular flexibility index (Phi) is 6.73. The van der Waals surface area contributed by atoms with Crippen molar-refractivity contribution in [1.82, 2.24) is 5.32 Å². The van der Waals surface area contributed by atoms with Crippen LogP contribution in [0.4, 0.5) is 8.78 Å². The molecule has 0 aliphatic carbocycles. The van der Waals surface area contributed by atoms with E-state index in [2.05, 4.69) is 5.32 Å². The molecule has 0 spiro atoms. The molecule has 19 heavy (non-hydrogen) atoms. The Morgan fingerprint density at radius 3 is 2.32 bits per heavy atom. The number of ether oxygens (including phenoxy) is 2. The molecule has 1 aromatic carbocycles. The van der Waals surface area contributed by atoms with E-state index in [0.29, 0.717) is 25.3 Å². The van der Waals surface area contributed by atoms with Gasteiger partial charge in [-0.15, -0.1) is 0 Å². The fraction of sp³-hybridized carbons (Fsp3) is 0.571. The van der Waals surface area contributed by atoms with Crippen molar-refractivity contribution < 1.29 is 18.3 Å². The molecular formula is C14H21F2NO2. The summed E-state index contributed by atoms with van der Waals surface area (Å²) in [7, 11) is 0. The molecule has 1 rings (SSSR count). The van der Waals surface area contributed by atoms with Gasteiger partial charge in [-0.25, -0.2) is 8.78 Å². The second-order valence-corrected chi connectivity index (χ2v) is 4.47. The zero-order valence-corrected chi connectivity index (χ0v) is 11.6. The third-order valence-corrected chi connectivity index (χ3v) is 2.45. The molecular weight excluding hydrogens is 252 g/mol. The lowest BCUT2D eigenvalue weighted by Crippen LogP contribution is -2.22. The molecule has 3 nitrogen and oxygen atoms in total. The van der Waals surface area contributed by atoms with E-state index in [1.807, 2.05) is 20.8 Å². The molecule has 0 saturated carbocycles. The van der Waals surface area contributed by atoms with Crippen molar-refractivity contribution >= 4 is 0 Å². The van der Waals surface area contributed by atoms with Crippen LogP contribution in [-0.4, -0.2) is 25.9 Å². The van der Waals surface area contributed by atoms with E-state index in [1.165, 1.54) is 12.1 Å². The number of halogens is 2. The normalized spacial score (nSPS) is 11.1. The number of hydrogen-bond acceptors (Lipinski definition) is 3. The van der Waals surface area contributed by atoms with Gasteiger partial charge in [-0.05, 0) is 24.6 Å². The number of hydrogen-bond donors (Lipinski definition) is 1. The molecule has 0 heterocycles. The van der Waals surface area contributed by atoms with Crippen LogP contribution in [-0.2, 0) is 11.3 Å². The van der Waals surface area contributed by atoms with Crippen molar-refractivity contribution in [3.05, 3.63) is 29.3 Å². The van der Waals surface area contributed by atoms with Crippen LogP contribution < -0.4 is 10.1 Å². The highest BCUT2D eigenvalue weighted by Gasteiger charge is 2.12. The van der Waals surface area contributed by atoms with Gasteiger partial charge in [0.05, 0.1) is 6.61 Å². The molecule has 0 aliphatic rings. The maximum atomic E-state index is 13.7. The second kappa shape index (κ2) is 8.07. The molecule has 1 aromatic rings. The first-order valence-electron chi connectivity index (χ1n) is 6.46. The van der Waals surface area contributed by atoms with E-state index in [-0.39, 0.29) is 18.4 Å². The van der Waals surface area contributed by atoms with Crippen molar-refractivity contribution in [2.24, 2.45) is 0 Å². The lowest BCUT2D eigenvalue weighted by Gasteiger charge is -2.12. The standard InChI is InChI=1S/C14H21F2NO2/c1-4-18-5-6-19-14-12(15)7-11(8-13(14)16)9-17-10(2)3/h7-8,10,17H,4-6,9H2,1-3H3. The molecule has 5 heteroatoms. The van der Waals surface area contributed by atoms with Crippen LogP contribution in [0.1, 0.15) is 26.3 Å². The summed E-state index contributed by atoms with van der Waals surface area (Å²) in [5.74, 6) is -1.71. The molecule has 0 fully saturated rings. The van der Waals surface area contributed by atoms with E-state index < -0.39 is 11.6 Å². The average Bonchev–Trinajstić information content (AvgIpc) is 2.34. The molecule has 0 amide bonds. The average molecular weight is 273 g/mol. The molecule has 0 aromatic heterocycles. The monoisotopic (exact) mass is 273 g/mol. The smallest absolute Gasteiger partial charge is 0.190 e. The predicted molar refractivity (Wildman–Crippen MR) is 70.3 cm³/mol. The first-order chi connectivity index (χ1) is 9.04. The third-order valence-electron chi connectivity index (χ3n) is 2.45. The summed E-state index contributed by atoms with van der Waals surface area (Å²) >= 11 is 0. The van der Waals surface area contributed by atoms with Crippen LogP contribution in [0.2, 0.25) is 0 Å². The molecule has 0 atom stereocenters. The maximum absolute atomic E-state index is 13.7. The lowest BCUT2D eigenvalue weighted by molar-refractivity contribution is 0.106. The number of rotatable bonds is 8. The van der Waals surface area contributed by atoms with E-state index in [4.69, 9.17) is 9.47 Å². The van der Waals surface area contributed by atoms with Gasteiger partial charge < -0.3 is 14.8 Å². The topological polar surface area (TPSA) is 30.5 Å². The summed E-state index contributed by atoms with van der Waals surface area (Å²) in [4.78, 5) is 0. The zero-order valence-electron chi connectivity index (χ0n) is 11.6. The Labute approximate surface area is 112 Å². The van der Waals surface area contributed by atoms with Gasteiger partial charge in [-0.3, -0.25) is 0 Å². The molecule has 0 saturated heterocycles. The fourth-order valence-corrected chi connectivity index (χ4v) is 1.52. The van der Waals surface area contributed by atoms with Crippen LogP contribution >= 0.6 is 0 Å². The van der Waals surface area contributed by atoms with Gasteiger partial charge in [-0.1, -0.05) is 13.8 Å². The largest absolute Gasteiger partial charge is 0.485 e. The van der Waals surface area contributed by atoms with Gasteiger partial charge >= 0.3 is 0 Å². The SMILES string of the molecule is CCOCCOc1c(F)cc(CNC(C)C)cc1F. The van der Waals surface area contributed by atoms with Gasteiger partial charge in [0.1, 0.15) is 6.61 Å². The Hall–Kier alpha value is -1.20. The summed E-state index contributed by atoms with van der Waals surface area (Å²) in [6, 6.07) is 2.83. The highest BCUT2D eigenvalue weighted by molar-refractivity contribution is 5.31. The van der Waals surface area contributed by atoms with Crippen molar-refractivity contribution in [3.8, 4) is 5.75 Å². The maximum Gasteiger partial charge on any atom is 0.190 e. The fourth-order valence-electron chi connectivity index (χ4n) is 1.52. The molecule has 0 unspecified atom stereocenters. The van der Waals surface area contributed by atoms with Crippen LogP contribution in [0.25, 0.3) is 0 Å². The van der Waals surface area contributed by atoms with E-state index in [9.17, 15) is 8.78 Å². The molecule has 0 bridgehead atoms. The van der Waals surface area contributed by atoms with Crippen LogP contribution in [0.3, 0.4) is 0 Å². The van der Waals surface area contributed by atoms with E-state index in [0.717, 1.165) is 0 Å². The quantitative estimate of drug-likeness (QED) is 0.739. The Morgan fingerprint density at radius 2 is 1.79 bits per heavy atom. The minimum absolute atomic E-state index is 0.130. The van der Waals surface area contributed by atoms with Gasteiger partial charge in [0.25, 0.3) is 0 Å². The summed E-state index contributed by atoms with van der Waals surface area (Å²) < 4.78 is 37.5. The van der Waals surface area contributed by atoms with Gasteiger partial charge in [0.2, 0.25) is 0 Å². The minimum Gasteiger partial charge on any atom is -0.485 e. The molecule has 1 N–H and O–H groups in total. The third kappa shape index (κ3) is 5.53. The van der Waals surface area contributed by atoms with Crippen LogP contribution in [0.15, 0.2) is 12.1 Å². The molecule has 0 aliphatic heterocycles. The zero-order chi connectivity index (χ0) is 14.3. The summed E-state index contributed by atoms with van der Waals surface area (Å²) in [6.07, 6.45) is 0. The summed E-state index contributed by atoms with van der Waals surface area (Å²) in [5, 5.41) is 3.10. The Balaban J connectivity index is 2.63. The summed E-state index contributed by atoms with van der Waals surface area (Å²) in [6.45, 7) is 7.20. The highest BCUT2D eigenvalue weighted by atomic mass is 19.1. The molecule has 0 radical (unpaired) electrons. The lowest BCUT2D eigenvalue weighted by atomic mass is 10.2. The predicted octanol–water partition coefficient (Wildman–Crippen LogP) is 2.88. The first kappa shape index (κ1) is 15.9. The Bertz CT molecular complexity index is 374. The summed E-state index contributed by atoms with van der Waals surface area (Å²) in [5.41, 5.74) is 0.556. The van der Waals surface area contributed by atoms with Crippen LogP contribution in [0, 0.1) is 11.6 Å². The minimum atomic E-state index is -0.683. The van der Waals surface area contributed by atoms with E-state index in [1.54, 1.807) is 0 Å². The van der Waals surface area contributed by atoms with Gasteiger partial charge in [0, 0.05) is 19.2 Å². The Morgan fingerprint density at radius 1 is 1.16 bits per heavy atom. The highest BCUT2D eigenvalue weighted by Crippen LogP contribution is 2.23. The first-order valence-corrected chi connectivity index (χ1v) is 6.46. The number of nitrogens with one attached hydrogen (secondary N) is 1. The van der Waals surface area contributed by atoms with Crippen molar-refractivity contribution in [2.75, 3.05) is 19.8 Å². The molecule has 108 valence electrons. The van der Waals surface area contributed by atoms with Crippen molar-refractivity contribution in [2.45, 2.75) is 33.4 Å². The van der Waals surface area contributed by atoms with Crippen molar-refractivity contribution in [3.63, 3.8) is 0 Å². The van der Waals surface area contributed by atoms with Gasteiger partial charge in [-0.2, -0.15) is 0 Å². The van der Waals surface area contributed by atoms with Crippen LogP contribution in [0.5, 0.6) is 5.75 Å². The number of benzene rings is 1. The van der Waals surface area contributed by atoms with Crippen molar-refractivity contribution in [1.29, 1.82) is 0 Å². The van der Waals surface area contributed by atoms with E-state index >= 15 is 0 Å².